The Morgan fingerprint density at radius 2 is 1.76 bits per heavy atom. The summed E-state index contributed by atoms with van der Waals surface area (Å²) in [6.45, 7) is 2.33. The van der Waals surface area contributed by atoms with E-state index in [0.29, 0.717) is 4.90 Å². The van der Waals surface area contributed by atoms with Crippen LogP contribution in [0.4, 0.5) is 22.0 Å². The van der Waals surface area contributed by atoms with E-state index in [0.717, 1.165) is 0 Å². The molecule has 1 heterocycles. The first-order valence-corrected chi connectivity index (χ1v) is 4.84. The first-order chi connectivity index (χ1) is 7.50. The molecule has 1 fully saturated rings. The molecule has 0 atom stereocenters. The molecule has 0 bridgehead atoms. The summed E-state index contributed by atoms with van der Waals surface area (Å²) in [7, 11) is 0. The van der Waals surface area contributed by atoms with Crippen LogP contribution in [0.2, 0.25) is 0 Å². The topological polar surface area (TPSA) is 29.5 Å². The number of hydrogen-bond donors (Lipinski definition) is 0. The Bertz CT molecular complexity index is 313. The predicted molar refractivity (Wildman–Crippen MR) is 47.6 cm³/mol. The normalized spacial score (nSPS) is 21.5. The van der Waals surface area contributed by atoms with Crippen LogP contribution in [-0.2, 0) is 9.53 Å². The molecule has 3 nitrogen and oxygen atoms in total. The van der Waals surface area contributed by atoms with Crippen LogP contribution in [0.15, 0.2) is 0 Å². The zero-order chi connectivity index (χ0) is 13.5. The largest absolute Gasteiger partial charge is 0.463 e. The van der Waals surface area contributed by atoms with Gasteiger partial charge in [-0.3, -0.25) is 4.79 Å². The lowest BCUT2D eigenvalue weighted by atomic mass is 10.0. The van der Waals surface area contributed by atoms with Crippen LogP contribution in [-0.4, -0.2) is 48.2 Å². The van der Waals surface area contributed by atoms with Crippen molar-refractivity contribution in [1.82, 2.24) is 4.90 Å². The fourth-order valence-electron chi connectivity index (χ4n) is 1.53. The number of halogens is 5. The van der Waals surface area contributed by atoms with Gasteiger partial charge in [-0.2, -0.15) is 22.0 Å². The van der Waals surface area contributed by atoms with Gasteiger partial charge in [0.1, 0.15) is 0 Å². The van der Waals surface area contributed by atoms with Crippen LogP contribution in [0.25, 0.3) is 0 Å². The molecule has 17 heavy (non-hydrogen) atoms. The lowest BCUT2D eigenvalue weighted by Crippen LogP contribution is -2.62. The Balaban J connectivity index is 2.96. The molecule has 0 aromatic carbocycles. The molecule has 1 amide bonds. The van der Waals surface area contributed by atoms with E-state index in [-0.39, 0.29) is 19.8 Å². The van der Waals surface area contributed by atoms with E-state index in [2.05, 4.69) is 0 Å². The van der Waals surface area contributed by atoms with Gasteiger partial charge in [0.15, 0.2) is 0 Å². The fourth-order valence-corrected chi connectivity index (χ4v) is 1.53. The van der Waals surface area contributed by atoms with E-state index in [4.69, 9.17) is 4.74 Å². The highest BCUT2D eigenvalue weighted by Crippen LogP contribution is 2.38. The molecule has 0 N–H and O–H groups in total. The Morgan fingerprint density at radius 3 is 2.18 bits per heavy atom. The number of ether oxygens (including phenoxy) is 1. The monoisotopic (exact) mass is 261 g/mol. The van der Waals surface area contributed by atoms with E-state index in [1.807, 2.05) is 0 Å². The van der Waals surface area contributed by atoms with Crippen LogP contribution in [0.1, 0.15) is 13.8 Å². The third-order valence-electron chi connectivity index (χ3n) is 2.51. The van der Waals surface area contributed by atoms with Crippen molar-refractivity contribution in [2.75, 3.05) is 19.8 Å². The molecule has 1 saturated heterocycles. The number of carbonyl (C=O) groups excluding carboxylic acids is 1. The van der Waals surface area contributed by atoms with Gasteiger partial charge < -0.3 is 9.64 Å². The maximum atomic E-state index is 12.9. The molecular formula is C9H12F5NO2. The fraction of sp³-hybridized carbons (Fsp3) is 0.889. The Morgan fingerprint density at radius 1 is 1.24 bits per heavy atom. The van der Waals surface area contributed by atoms with Crippen molar-refractivity contribution >= 4 is 5.91 Å². The van der Waals surface area contributed by atoms with Crippen molar-refractivity contribution in [3.8, 4) is 0 Å². The lowest BCUT2D eigenvalue weighted by molar-refractivity contribution is -0.278. The molecule has 0 unspecified atom stereocenters. The highest BCUT2D eigenvalue weighted by molar-refractivity contribution is 5.85. The van der Waals surface area contributed by atoms with Crippen molar-refractivity contribution in [3.63, 3.8) is 0 Å². The third-order valence-corrected chi connectivity index (χ3v) is 2.51. The summed E-state index contributed by atoms with van der Waals surface area (Å²) in [6.07, 6.45) is -5.88. The predicted octanol–water partition coefficient (Wildman–Crippen LogP) is 1.82. The first kappa shape index (κ1) is 14.1. The number of carbonyl (C=O) groups is 1. The average Bonchev–Trinajstić information content (AvgIpc) is 2.14. The van der Waals surface area contributed by atoms with E-state index in [9.17, 15) is 26.7 Å². The Kier molecular flexibility index (Phi) is 3.39. The van der Waals surface area contributed by atoms with Gasteiger partial charge in [0.25, 0.3) is 0 Å². The number of hydrogen-bond acceptors (Lipinski definition) is 2. The summed E-state index contributed by atoms with van der Waals surface area (Å²) in [5.41, 5.74) is -1.18. The van der Waals surface area contributed by atoms with Gasteiger partial charge in [0, 0.05) is 6.54 Å². The van der Waals surface area contributed by atoms with Crippen LogP contribution in [0.5, 0.6) is 0 Å². The van der Waals surface area contributed by atoms with Gasteiger partial charge in [-0.05, 0) is 13.8 Å². The lowest BCUT2D eigenvalue weighted by Gasteiger charge is -2.43. The van der Waals surface area contributed by atoms with Gasteiger partial charge in [-0.25, -0.2) is 0 Å². The molecule has 0 aliphatic carbocycles. The summed E-state index contributed by atoms with van der Waals surface area (Å²) < 4.78 is 66.9. The summed E-state index contributed by atoms with van der Waals surface area (Å²) in [5, 5.41) is 0. The zero-order valence-electron chi connectivity index (χ0n) is 9.27. The number of nitrogens with zero attached hydrogens (tertiary/aromatic N) is 1. The Hall–Kier alpha value is -0.920. The minimum atomic E-state index is -5.88. The molecule has 0 saturated carbocycles. The highest BCUT2D eigenvalue weighted by Gasteiger charge is 2.65. The molecule has 1 rings (SSSR count). The average molecular weight is 261 g/mol. The summed E-state index contributed by atoms with van der Waals surface area (Å²) >= 11 is 0. The SMILES string of the molecule is CC1(C)COCCN1C(=O)C(F)(F)C(F)(F)F. The van der Waals surface area contributed by atoms with Gasteiger partial charge in [-0.15, -0.1) is 0 Å². The summed E-state index contributed by atoms with van der Waals surface area (Å²) in [6, 6.07) is 0. The van der Waals surface area contributed by atoms with Crippen molar-refractivity contribution < 1.29 is 31.5 Å². The van der Waals surface area contributed by atoms with Crippen LogP contribution >= 0.6 is 0 Å². The molecule has 0 aromatic rings. The standard InChI is InChI=1S/C9H12F5NO2/c1-7(2)5-17-4-3-15(7)6(16)8(10,11)9(12,13)14/h3-5H2,1-2H3. The van der Waals surface area contributed by atoms with Crippen LogP contribution < -0.4 is 0 Å². The summed E-state index contributed by atoms with van der Waals surface area (Å²) in [4.78, 5) is 11.8. The molecule has 0 spiro atoms. The van der Waals surface area contributed by atoms with Crippen LogP contribution in [0, 0.1) is 0 Å². The maximum absolute atomic E-state index is 12.9. The van der Waals surface area contributed by atoms with E-state index >= 15 is 0 Å². The van der Waals surface area contributed by atoms with Gasteiger partial charge in [0.05, 0.1) is 18.8 Å². The molecule has 1 aliphatic heterocycles. The molecule has 100 valence electrons. The third kappa shape index (κ3) is 2.51. The molecule has 0 radical (unpaired) electrons. The number of alkyl halides is 5. The minimum Gasteiger partial charge on any atom is -0.377 e. The van der Waals surface area contributed by atoms with Crippen molar-refractivity contribution in [2.45, 2.75) is 31.5 Å². The van der Waals surface area contributed by atoms with Gasteiger partial charge >= 0.3 is 18.0 Å². The van der Waals surface area contributed by atoms with Crippen LogP contribution in [0.3, 0.4) is 0 Å². The number of morpholine rings is 1. The van der Waals surface area contributed by atoms with Crippen molar-refractivity contribution in [1.29, 1.82) is 0 Å². The Labute approximate surface area is 94.5 Å². The molecule has 1 aliphatic rings. The van der Waals surface area contributed by atoms with Gasteiger partial charge in [0.2, 0.25) is 0 Å². The molecule has 0 aromatic heterocycles. The van der Waals surface area contributed by atoms with Gasteiger partial charge in [-0.1, -0.05) is 0 Å². The zero-order valence-corrected chi connectivity index (χ0v) is 9.27. The second-order valence-electron chi connectivity index (χ2n) is 4.39. The maximum Gasteiger partial charge on any atom is 0.463 e. The molecule has 8 heteroatoms. The minimum absolute atomic E-state index is 0.0525. The highest BCUT2D eigenvalue weighted by atomic mass is 19.4. The first-order valence-electron chi connectivity index (χ1n) is 4.84. The van der Waals surface area contributed by atoms with Crippen molar-refractivity contribution in [3.05, 3.63) is 0 Å². The van der Waals surface area contributed by atoms with E-state index < -0.39 is 23.5 Å². The quantitative estimate of drug-likeness (QED) is 0.674. The van der Waals surface area contributed by atoms with Crippen molar-refractivity contribution in [2.24, 2.45) is 0 Å². The second-order valence-corrected chi connectivity index (χ2v) is 4.39. The number of amides is 1. The molecular weight excluding hydrogens is 249 g/mol. The number of rotatable bonds is 1. The van der Waals surface area contributed by atoms with E-state index in [1.54, 1.807) is 0 Å². The smallest absolute Gasteiger partial charge is 0.377 e. The van der Waals surface area contributed by atoms with E-state index in [1.165, 1.54) is 13.8 Å². The summed E-state index contributed by atoms with van der Waals surface area (Å²) in [5.74, 6) is -7.58. The second kappa shape index (κ2) is 4.08.